The molecule has 29 heavy (non-hydrogen) atoms. The van der Waals surface area contributed by atoms with Crippen LogP contribution in [0.1, 0.15) is 49.4 Å². The van der Waals surface area contributed by atoms with Gasteiger partial charge in [-0.3, -0.25) is 9.63 Å². The second-order valence-electron chi connectivity index (χ2n) is 6.92. The van der Waals surface area contributed by atoms with Crippen LogP contribution in [-0.2, 0) is 24.4 Å². The lowest BCUT2D eigenvalue weighted by Gasteiger charge is -2.32. The number of nitriles is 1. The molecule has 158 valence electrons. The molecule has 1 aromatic carbocycles. The van der Waals surface area contributed by atoms with Gasteiger partial charge in [-0.25, -0.2) is 13.2 Å². The van der Waals surface area contributed by atoms with E-state index in [1.54, 1.807) is 0 Å². The van der Waals surface area contributed by atoms with E-state index in [-0.39, 0.29) is 10.5 Å². The molecule has 1 aliphatic rings. The van der Waals surface area contributed by atoms with Gasteiger partial charge in [-0.05, 0) is 38.0 Å². The van der Waals surface area contributed by atoms with E-state index < -0.39 is 33.5 Å². The van der Waals surface area contributed by atoms with E-state index in [9.17, 15) is 23.3 Å². The summed E-state index contributed by atoms with van der Waals surface area (Å²) in [6.07, 6.45) is 2.68. The Balaban J connectivity index is 2.09. The molecule has 1 saturated carbocycles. The normalized spacial score (nSPS) is 17.2. The Hall–Kier alpha value is -2.48. The van der Waals surface area contributed by atoms with E-state index in [0.717, 1.165) is 25.3 Å². The number of benzene rings is 1. The van der Waals surface area contributed by atoms with Crippen LogP contribution in [0.15, 0.2) is 29.2 Å². The van der Waals surface area contributed by atoms with E-state index in [0.29, 0.717) is 17.3 Å². The zero-order valence-corrected chi connectivity index (χ0v) is 17.5. The molecule has 1 aliphatic carbocycles. The Morgan fingerprint density at radius 1 is 1.28 bits per heavy atom. The van der Waals surface area contributed by atoms with Crippen LogP contribution in [0.25, 0.3) is 0 Å². The number of rotatable bonds is 7. The maximum atomic E-state index is 12.4. The number of ether oxygens (including phenoxy) is 1. The van der Waals surface area contributed by atoms with Crippen molar-refractivity contribution in [3.05, 3.63) is 29.8 Å². The van der Waals surface area contributed by atoms with Gasteiger partial charge in [0.2, 0.25) is 0 Å². The maximum absolute atomic E-state index is 12.4. The number of carbonyl (C=O) groups excluding carboxylic acids is 2. The summed E-state index contributed by atoms with van der Waals surface area (Å²) in [5.41, 5.74) is -0.961. The van der Waals surface area contributed by atoms with Gasteiger partial charge in [0.05, 0.1) is 23.6 Å². The second kappa shape index (κ2) is 9.35. The summed E-state index contributed by atoms with van der Waals surface area (Å²) < 4.78 is 30.5. The lowest BCUT2D eigenvalue weighted by molar-refractivity contribution is -0.130. The Bertz CT molecular complexity index is 903. The highest BCUT2D eigenvalue weighted by molar-refractivity contribution is 7.89. The van der Waals surface area contributed by atoms with Crippen molar-refractivity contribution in [2.75, 3.05) is 14.2 Å². The summed E-state index contributed by atoms with van der Waals surface area (Å²) in [7, 11) is -1.50. The highest BCUT2D eigenvalue weighted by atomic mass is 32.2. The predicted molar refractivity (Wildman–Crippen MR) is 103 cm³/mol. The quantitative estimate of drug-likeness (QED) is 0.523. The van der Waals surface area contributed by atoms with Gasteiger partial charge in [-0.2, -0.15) is 5.26 Å². The summed E-state index contributed by atoms with van der Waals surface area (Å²) in [5, 5.41) is 12.2. The lowest BCUT2D eigenvalue weighted by Crippen LogP contribution is -2.52. The average Bonchev–Trinajstić information content (AvgIpc) is 2.73. The average molecular weight is 423 g/mol. The van der Waals surface area contributed by atoms with Crippen LogP contribution >= 0.6 is 0 Å². The second-order valence-corrected chi connectivity index (χ2v) is 8.85. The Labute approximate surface area is 170 Å². The van der Waals surface area contributed by atoms with Crippen molar-refractivity contribution in [3.63, 3.8) is 0 Å². The number of hydrogen-bond donors (Lipinski definition) is 1. The van der Waals surface area contributed by atoms with Crippen molar-refractivity contribution >= 4 is 21.9 Å². The third-order valence-electron chi connectivity index (χ3n) is 4.90. The molecule has 10 heteroatoms. The number of nitrogens with zero attached hydrogens (tertiary/aromatic N) is 2. The first-order chi connectivity index (χ1) is 13.6. The van der Waals surface area contributed by atoms with Crippen LogP contribution in [-0.4, -0.2) is 50.6 Å². The third-order valence-corrected chi connectivity index (χ3v) is 6.58. The molecular weight excluding hydrogens is 398 g/mol. The minimum atomic E-state index is -3.93. The minimum absolute atomic E-state index is 0.0251. The topological polar surface area (TPSA) is 126 Å². The molecule has 0 radical (unpaired) electrons. The fourth-order valence-corrected chi connectivity index (χ4v) is 4.09. The minimum Gasteiger partial charge on any atom is -0.449 e. The fraction of sp³-hybridized carbons (Fsp3) is 0.526. The molecule has 0 saturated heterocycles. The maximum Gasteiger partial charge on any atom is 0.338 e. The summed E-state index contributed by atoms with van der Waals surface area (Å²) in [4.78, 5) is 29.4. The molecule has 1 fully saturated rings. The van der Waals surface area contributed by atoms with E-state index in [4.69, 9.17) is 9.57 Å². The summed E-state index contributed by atoms with van der Waals surface area (Å²) >= 11 is 0. The van der Waals surface area contributed by atoms with E-state index >= 15 is 0 Å². The van der Waals surface area contributed by atoms with Crippen molar-refractivity contribution in [1.82, 2.24) is 9.79 Å². The van der Waals surface area contributed by atoms with Crippen LogP contribution in [0.3, 0.4) is 0 Å². The van der Waals surface area contributed by atoms with E-state index in [1.165, 1.54) is 39.3 Å². The molecular formula is C19H25N3O6S. The van der Waals surface area contributed by atoms with Gasteiger partial charge in [0.15, 0.2) is 6.10 Å². The van der Waals surface area contributed by atoms with Crippen LogP contribution < -0.4 is 5.32 Å². The molecule has 1 N–H and O–H groups in total. The third kappa shape index (κ3) is 5.32. The number of nitrogens with one attached hydrogen (secondary N) is 1. The van der Waals surface area contributed by atoms with Gasteiger partial charge < -0.3 is 10.1 Å². The fourth-order valence-electron chi connectivity index (χ4n) is 3.07. The lowest BCUT2D eigenvalue weighted by atomic mass is 9.83. The molecule has 0 unspecified atom stereocenters. The van der Waals surface area contributed by atoms with Crippen molar-refractivity contribution in [1.29, 1.82) is 5.26 Å². The summed E-state index contributed by atoms with van der Waals surface area (Å²) in [5.74, 6) is -1.41. The van der Waals surface area contributed by atoms with E-state index in [2.05, 4.69) is 11.4 Å². The van der Waals surface area contributed by atoms with Gasteiger partial charge in [0.25, 0.3) is 15.9 Å². The van der Waals surface area contributed by atoms with E-state index in [1.807, 2.05) is 0 Å². The Morgan fingerprint density at radius 3 is 2.52 bits per heavy atom. The van der Waals surface area contributed by atoms with Gasteiger partial charge >= 0.3 is 5.97 Å². The molecule has 0 aliphatic heterocycles. The van der Waals surface area contributed by atoms with Crippen molar-refractivity contribution in [3.8, 4) is 6.07 Å². The molecule has 0 spiro atoms. The molecule has 1 aromatic rings. The summed E-state index contributed by atoms with van der Waals surface area (Å²) in [6.45, 7) is 1.40. The molecule has 0 aromatic heterocycles. The molecule has 0 bridgehead atoms. The Morgan fingerprint density at radius 2 is 1.93 bits per heavy atom. The van der Waals surface area contributed by atoms with Crippen LogP contribution in [0, 0.1) is 11.3 Å². The van der Waals surface area contributed by atoms with Crippen LogP contribution in [0.5, 0.6) is 0 Å². The predicted octanol–water partition coefficient (Wildman–Crippen LogP) is 1.76. The highest BCUT2D eigenvalue weighted by Crippen LogP contribution is 2.27. The monoisotopic (exact) mass is 423 g/mol. The molecule has 1 amide bonds. The van der Waals surface area contributed by atoms with Crippen LogP contribution in [0.2, 0.25) is 0 Å². The first-order valence-electron chi connectivity index (χ1n) is 9.22. The molecule has 9 nitrogen and oxygen atoms in total. The number of hydrogen-bond acceptors (Lipinski definition) is 7. The first kappa shape index (κ1) is 22.8. The van der Waals surface area contributed by atoms with Gasteiger partial charge in [-0.15, -0.1) is 0 Å². The molecule has 1 atom stereocenters. The number of carbonyl (C=O) groups is 2. The SMILES string of the molecule is CON(C)S(=O)(=O)c1cccc(C(=O)O[C@H](C)C(=O)NC2(C#N)CCCCC2)c1. The van der Waals surface area contributed by atoms with Gasteiger partial charge in [-0.1, -0.05) is 29.8 Å². The van der Waals surface area contributed by atoms with Crippen molar-refractivity contribution in [2.45, 2.75) is 55.6 Å². The molecule has 0 heterocycles. The van der Waals surface area contributed by atoms with Crippen molar-refractivity contribution < 1.29 is 27.6 Å². The number of sulfonamides is 1. The largest absolute Gasteiger partial charge is 0.449 e. The zero-order valence-electron chi connectivity index (χ0n) is 16.7. The number of esters is 1. The van der Waals surface area contributed by atoms with Gasteiger partial charge in [0.1, 0.15) is 5.54 Å². The number of hydroxylamine groups is 1. The Kier molecular flexibility index (Phi) is 7.35. The smallest absolute Gasteiger partial charge is 0.338 e. The standard InChI is InChI=1S/C19H25N3O6S/c1-14(17(23)21-19(13-20)10-5-4-6-11-19)28-18(24)15-8-7-9-16(12-15)29(25,26)22(2)27-3/h7-9,12,14H,4-6,10-11H2,1-3H3,(H,21,23)/t14-/m1/s1. The highest BCUT2D eigenvalue weighted by Gasteiger charge is 2.35. The van der Waals surface area contributed by atoms with Crippen LogP contribution in [0.4, 0.5) is 0 Å². The summed E-state index contributed by atoms with van der Waals surface area (Å²) in [6, 6.07) is 7.42. The first-order valence-corrected chi connectivity index (χ1v) is 10.7. The van der Waals surface area contributed by atoms with Gasteiger partial charge in [0, 0.05) is 7.05 Å². The molecule has 2 rings (SSSR count). The van der Waals surface area contributed by atoms with Crippen molar-refractivity contribution in [2.24, 2.45) is 0 Å². The number of amides is 1. The zero-order chi connectivity index (χ0) is 21.7.